The van der Waals surface area contributed by atoms with Gasteiger partial charge in [0.05, 0.1) is 12.6 Å². The number of hydrogen-bond donors (Lipinski definition) is 2. The molecule has 1 heterocycles. The van der Waals surface area contributed by atoms with E-state index in [1.807, 2.05) is 49.4 Å². The van der Waals surface area contributed by atoms with Crippen LogP contribution in [-0.4, -0.2) is 25.0 Å². The van der Waals surface area contributed by atoms with Crippen molar-refractivity contribution < 1.29 is 14.3 Å². The predicted octanol–water partition coefficient (Wildman–Crippen LogP) is 2.75. The van der Waals surface area contributed by atoms with Crippen LogP contribution in [0.3, 0.4) is 0 Å². The molecule has 0 fully saturated rings. The third-order valence-electron chi connectivity index (χ3n) is 4.32. The number of amides is 2. The molecular formula is C20H22N2O3. The van der Waals surface area contributed by atoms with E-state index < -0.39 is 0 Å². The lowest BCUT2D eigenvalue weighted by Gasteiger charge is -2.26. The van der Waals surface area contributed by atoms with E-state index in [2.05, 4.69) is 10.6 Å². The second-order valence-corrected chi connectivity index (χ2v) is 6.12. The van der Waals surface area contributed by atoms with Crippen LogP contribution in [0, 0.1) is 6.92 Å². The predicted molar refractivity (Wildman–Crippen MR) is 95.6 cm³/mol. The molecule has 0 aliphatic carbocycles. The SMILES string of the molecule is Cc1ccccc1C(=O)NCCC(=O)NC1CCOc2ccccc21. The molecule has 2 N–H and O–H groups in total. The first-order chi connectivity index (χ1) is 12.1. The van der Waals surface area contributed by atoms with Crippen LogP contribution in [0.5, 0.6) is 5.75 Å². The van der Waals surface area contributed by atoms with Gasteiger partial charge in [0.1, 0.15) is 5.75 Å². The quantitative estimate of drug-likeness (QED) is 0.881. The number of para-hydroxylation sites is 1. The average molecular weight is 338 g/mol. The number of ether oxygens (including phenoxy) is 1. The van der Waals surface area contributed by atoms with Gasteiger partial charge in [-0.3, -0.25) is 9.59 Å². The van der Waals surface area contributed by atoms with Crippen molar-refractivity contribution in [3.63, 3.8) is 0 Å². The number of aryl methyl sites for hydroxylation is 1. The van der Waals surface area contributed by atoms with Gasteiger partial charge in [0, 0.05) is 30.5 Å². The van der Waals surface area contributed by atoms with Crippen LogP contribution >= 0.6 is 0 Å². The lowest BCUT2D eigenvalue weighted by molar-refractivity contribution is -0.121. The molecule has 1 unspecified atom stereocenters. The Labute approximate surface area is 147 Å². The summed E-state index contributed by atoms with van der Waals surface area (Å²) in [6.07, 6.45) is 0.996. The third kappa shape index (κ3) is 4.18. The van der Waals surface area contributed by atoms with Gasteiger partial charge in [0.2, 0.25) is 5.91 Å². The van der Waals surface area contributed by atoms with Crippen LogP contribution in [0.1, 0.15) is 40.4 Å². The van der Waals surface area contributed by atoms with Gasteiger partial charge in [0.25, 0.3) is 5.91 Å². The van der Waals surface area contributed by atoms with E-state index in [0.29, 0.717) is 18.7 Å². The van der Waals surface area contributed by atoms with Crippen molar-refractivity contribution in [1.29, 1.82) is 0 Å². The van der Waals surface area contributed by atoms with Gasteiger partial charge in [0.15, 0.2) is 0 Å². The monoisotopic (exact) mass is 338 g/mol. The molecule has 1 aliphatic rings. The molecule has 0 saturated carbocycles. The minimum absolute atomic E-state index is 0.0375. The Kier molecular flexibility index (Phi) is 5.33. The molecule has 1 atom stereocenters. The first-order valence-corrected chi connectivity index (χ1v) is 8.50. The minimum atomic E-state index is -0.151. The first-order valence-electron chi connectivity index (χ1n) is 8.50. The van der Waals surface area contributed by atoms with Crippen LogP contribution < -0.4 is 15.4 Å². The molecule has 2 amide bonds. The van der Waals surface area contributed by atoms with Gasteiger partial charge < -0.3 is 15.4 Å². The van der Waals surface area contributed by atoms with Gasteiger partial charge >= 0.3 is 0 Å². The van der Waals surface area contributed by atoms with E-state index in [1.165, 1.54) is 0 Å². The van der Waals surface area contributed by atoms with Crippen LogP contribution in [0.2, 0.25) is 0 Å². The van der Waals surface area contributed by atoms with Crippen molar-refractivity contribution in [2.75, 3.05) is 13.2 Å². The number of rotatable bonds is 5. The number of benzene rings is 2. The van der Waals surface area contributed by atoms with Gasteiger partial charge in [-0.1, -0.05) is 36.4 Å². The van der Waals surface area contributed by atoms with Crippen molar-refractivity contribution in [2.45, 2.75) is 25.8 Å². The fourth-order valence-electron chi connectivity index (χ4n) is 2.97. The summed E-state index contributed by atoms with van der Waals surface area (Å²) < 4.78 is 5.60. The maximum Gasteiger partial charge on any atom is 0.251 e. The molecule has 1 aliphatic heterocycles. The van der Waals surface area contributed by atoms with Gasteiger partial charge in [-0.25, -0.2) is 0 Å². The molecule has 25 heavy (non-hydrogen) atoms. The number of carbonyl (C=O) groups is 2. The molecule has 0 bridgehead atoms. The third-order valence-corrected chi connectivity index (χ3v) is 4.32. The second kappa shape index (κ2) is 7.83. The smallest absolute Gasteiger partial charge is 0.251 e. The topological polar surface area (TPSA) is 67.4 Å². The molecule has 2 aromatic carbocycles. The highest BCUT2D eigenvalue weighted by molar-refractivity contribution is 5.95. The standard InChI is InChI=1S/C20H22N2O3/c1-14-6-2-3-7-15(14)20(24)21-12-10-19(23)22-17-11-13-25-18-9-5-4-8-16(17)18/h2-9,17H,10-13H2,1H3,(H,21,24)(H,22,23). The van der Waals surface area contributed by atoms with Crippen LogP contribution in [0.15, 0.2) is 48.5 Å². The first kappa shape index (κ1) is 17.0. The molecular weight excluding hydrogens is 316 g/mol. The van der Waals surface area contributed by atoms with E-state index in [0.717, 1.165) is 23.3 Å². The van der Waals surface area contributed by atoms with E-state index in [1.54, 1.807) is 6.07 Å². The molecule has 3 rings (SSSR count). The van der Waals surface area contributed by atoms with E-state index in [9.17, 15) is 9.59 Å². The largest absolute Gasteiger partial charge is 0.493 e. The Morgan fingerprint density at radius 2 is 1.88 bits per heavy atom. The molecule has 0 saturated heterocycles. The lowest BCUT2D eigenvalue weighted by atomic mass is 10.0. The summed E-state index contributed by atoms with van der Waals surface area (Å²) in [5.74, 6) is 0.598. The number of fused-ring (bicyclic) bond motifs is 1. The van der Waals surface area contributed by atoms with Gasteiger partial charge in [-0.2, -0.15) is 0 Å². The zero-order valence-electron chi connectivity index (χ0n) is 14.2. The Morgan fingerprint density at radius 1 is 1.12 bits per heavy atom. The Balaban J connectivity index is 1.49. The fraction of sp³-hybridized carbons (Fsp3) is 0.300. The fourth-order valence-corrected chi connectivity index (χ4v) is 2.97. The van der Waals surface area contributed by atoms with Gasteiger partial charge in [-0.15, -0.1) is 0 Å². The van der Waals surface area contributed by atoms with Crippen molar-refractivity contribution in [3.05, 3.63) is 65.2 Å². The van der Waals surface area contributed by atoms with Crippen molar-refractivity contribution in [3.8, 4) is 5.75 Å². The summed E-state index contributed by atoms with van der Waals surface area (Å²) in [7, 11) is 0. The Bertz CT molecular complexity index is 773. The molecule has 0 radical (unpaired) electrons. The summed E-state index contributed by atoms with van der Waals surface area (Å²) in [5, 5.41) is 5.83. The summed E-state index contributed by atoms with van der Waals surface area (Å²) in [6, 6.07) is 15.1. The summed E-state index contributed by atoms with van der Waals surface area (Å²) in [5.41, 5.74) is 2.57. The maximum absolute atomic E-state index is 12.2. The highest BCUT2D eigenvalue weighted by Gasteiger charge is 2.22. The molecule has 5 heteroatoms. The average Bonchev–Trinajstić information content (AvgIpc) is 2.62. The molecule has 0 spiro atoms. The highest BCUT2D eigenvalue weighted by atomic mass is 16.5. The van der Waals surface area contributed by atoms with E-state index in [4.69, 9.17) is 4.74 Å². The number of hydrogen-bond acceptors (Lipinski definition) is 3. The lowest BCUT2D eigenvalue weighted by Crippen LogP contribution is -2.35. The van der Waals surface area contributed by atoms with Crippen LogP contribution in [-0.2, 0) is 4.79 Å². The summed E-state index contributed by atoms with van der Waals surface area (Å²) in [4.78, 5) is 24.3. The molecule has 2 aromatic rings. The summed E-state index contributed by atoms with van der Waals surface area (Å²) in [6.45, 7) is 2.79. The number of nitrogens with one attached hydrogen (secondary N) is 2. The zero-order chi connectivity index (χ0) is 17.6. The maximum atomic E-state index is 12.2. The van der Waals surface area contributed by atoms with Crippen molar-refractivity contribution in [2.24, 2.45) is 0 Å². The number of carbonyl (C=O) groups excluding carboxylic acids is 2. The van der Waals surface area contributed by atoms with E-state index >= 15 is 0 Å². The van der Waals surface area contributed by atoms with E-state index in [-0.39, 0.29) is 24.3 Å². The molecule has 0 aromatic heterocycles. The highest BCUT2D eigenvalue weighted by Crippen LogP contribution is 2.31. The Hall–Kier alpha value is -2.82. The second-order valence-electron chi connectivity index (χ2n) is 6.12. The van der Waals surface area contributed by atoms with Crippen molar-refractivity contribution >= 4 is 11.8 Å². The normalized spacial score (nSPS) is 15.6. The van der Waals surface area contributed by atoms with Crippen LogP contribution in [0.4, 0.5) is 0 Å². The Morgan fingerprint density at radius 3 is 2.72 bits per heavy atom. The zero-order valence-corrected chi connectivity index (χ0v) is 14.2. The summed E-state index contributed by atoms with van der Waals surface area (Å²) >= 11 is 0. The van der Waals surface area contributed by atoms with Gasteiger partial charge in [-0.05, 0) is 24.6 Å². The molecule has 5 nitrogen and oxygen atoms in total. The molecule has 130 valence electrons. The minimum Gasteiger partial charge on any atom is -0.493 e. The van der Waals surface area contributed by atoms with Crippen molar-refractivity contribution in [1.82, 2.24) is 10.6 Å². The van der Waals surface area contributed by atoms with Crippen LogP contribution in [0.25, 0.3) is 0 Å².